The molecule has 4 aromatic carbocycles. The Morgan fingerprint density at radius 3 is 1.92 bits per heavy atom. The van der Waals surface area contributed by atoms with E-state index in [4.69, 9.17) is 0 Å². The summed E-state index contributed by atoms with van der Waals surface area (Å²) in [7, 11) is 0. The largest absolute Gasteiger partial charge is 0.355 e. The minimum absolute atomic E-state index is 0.0101. The number of benzene rings is 4. The average molecular weight is 496 g/mol. The molecule has 0 amide bonds. The quantitative estimate of drug-likeness (QED) is 0.297. The molecule has 4 aromatic rings. The van der Waals surface area contributed by atoms with Gasteiger partial charge in [0.25, 0.3) is 0 Å². The Labute approximate surface area is 227 Å². The average Bonchev–Trinajstić information content (AvgIpc) is 3.15. The fourth-order valence-corrected chi connectivity index (χ4v) is 9.25. The number of fused-ring (bicyclic) bond motifs is 3. The van der Waals surface area contributed by atoms with Gasteiger partial charge in [-0.05, 0) is 113 Å². The van der Waals surface area contributed by atoms with Crippen molar-refractivity contribution in [2.75, 3.05) is 5.32 Å². The van der Waals surface area contributed by atoms with Crippen molar-refractivity contribution in [1.82, 2.24) is 0 Å². The summed E-state index contributed by atoms with van der Waals surface area (Å²) in [6.07, 6.45) is 8.78. The molecule has 0 unspecified atom stereocenters. The van der Waals surface area contributed by atoms with Crippen molar-refractivity contribution >= 4 is 11.4 Å². The topological polar surface area (TPSA) is 12.0 Å². The number of anilines is 2. The van der Waals surface area contributed by atoms with Crippen molar-refractivity contribution in [3.8, 4) is 22.3 Å². The molecule has 0 aliphatic heterocycles. The number of hydrogen-bond donors (Lipinski definition) is 1. The van der Waals surface area contributed by atoms with Crippen LogP contribution in [0.15, 0.2) is 91.0 Å². The number of hydrogen-bond acceptors (Lipinski definition) is 1. The van der Waals surface area contributed by atoms with E-state index in [1.165, 1.54) is 77.6 Å². The maximum atomic E-state index is 3.79. The Kier molecular flexibility index (Phi) is 4.82. The zero-order valence-electron chi connectivity index (χ0n) is 22.6. The predicted molar refractivity (Wildman–Crippen MR) is 159 cm³/mol. The molecule has 4 fully saturated rings. The predicted octanol–water partition coefficient (Wildman–Crippen LogP) is 9.87. The maximum absolute atomic E-state index is 3.79. The summed E-state index contributed by atoms with van der Waals surface area (Å²) in [4.78, 5) is 0. The summed E-state index contributed by atoms with van der Waals surface area (Å²) in [6, 6.07) is 34.3. The molecule has 0 aromatic heterocycles. The molecule has 0 atom stereocenters. The lowest BCUT2D eigenvalue weighted by Crippen LogP contribution is -2.48. The van der Waals surface area contributed by atoms with E-state index in [1.54, 1.807) is 5.56 Å². The number of para-hydroxylation sites is 1. The molecule has 1 nitrogen and oxygen atoms in total. The van der Waals surface area contributed by atoms with E-state index in [9.17, 15) is 0 Å². The first-order valence-corrected chi connectivity index (χ1v) is 14.7. The van der Waals surface area contributed by atoms with Crippen molar-refractivity contribution in [3.05, 3.63) is 108 Å². The molecule has 9 rings (SSSR count). The summed E-state index contributed by atoms with van der Waals surface area (Å²) in [5.74, 6) is 2.95. The van der Waals surface area contributed by atoms with Gasteiger partial charge in [-0.15, -0.1) is 0 Å². The highest BCUT2D eigenvalue weighted by Crippen LogP contribution is 2.60. The van der Waals surface area contributed by atoms with E-state index in [-0.39, 0.29) is 5.41 Å². The Hall–Kier alpha value is -3.32. The number of rotatable bonds is 4. The lowest BCUT2D eigenvalue weighted by atomic mass is 9.48. The van der Waals surface area contributed by atoms with Gasteiger partial charge in [0.15, 0.2) is 0 Å². The third-order valence-corrected chi connectivity index (χ3v) is 10.6. The van der Waals surface area contributed by atoms with Gasteiger partial charge >= 0.3 is 0 Å². The van der Waals surface area contributed by atoms with Gasteiger partial charge in [-0.1, -0.05) is 86.6 Å². The first kappa shape index (κ1) is 22.6. The van der Waals surface area contributed by atoms with Crippen LogP contribution >= 0.6 is 0 Å². The van der Waals surface area contributed by atoms with Crippen LogP contribution in [0.4, 0.5) is 11.4 Å². The van der Waals surface area contributed by atoms with Crippen molar-refractivity contribution < 1.29 is 0 Å². The third-order valence-electron chi connectivity index (χ3n) is 10.6. The van der Waals surface area contributed by atoms with Gasteiger partial charge in [-0.2, -0.15) is 0 Å². The second-order valence-corrected chi connectivity index (χ2v) is 13.4. The summed E-state index contributed by atoms with van der Waals surface area (Å²) in [5, 5.41) is 3.79. The molecule has 1 N–H and O–H groups in total. The number of nitrogens with one attached hydrogen (secondary N) is 1. The smallest absolute Gasteiger partial charge is 0.0463 e. The molecule has 0 spiro atoms. The van der Waals surface area contributed by atoms with Crippen LogP contribution in [0.3, 0.4) is 0 Å². The van der Waals surface area contributed by atoms with Crippen molar-refractivity contribution in [3.63, 3.8) is 0 Å². The zero-order chi connectivity index (χ0) is 25.5. The Bertz CT molecular complexity index is 1500. The SMILES string of the molecule is CC1(C)c2ccccc2-c2ccc(Nc3ccccc3-c3ccc(C45CC6CC(CC(C6)C4)C5)cc3)cc21. The minimum Gasteiger partial charge on any atom is -0.355 e. The van der Waals surface area contributed by atoms with Crippen LogP contribution in [0.5, 0.6) is 0 Å². The van der Waals surface area contributed by atoms with Crippen LogP contribution in [0.25, 0.3) is 22.3 Å². The molecular weight excluding hydrogens is 458 g/mol. The van der Waals surface area contributed by atoms with Crippen LogP contribution in [-0.4, -0.2) is 0 Å². The standard InChI is InChI=1S/C37H37N/c1-36(2)33-9-5-3-8-31(33)32-16-15-29(20-34(32)36)38-35-10-6-4-7-30(35)27-11-13-28(14-12-27)37-21-24-17-25(22-37)19-26(18-24)23-37/h3-16,20,24-26,38H,17-19,21-23H2,1-2H3. The highest BCUT2D eigenvalue weighted by molar-refractivity contribution is 5.85. The molecular formula is C37H37N. The van der Waals surface area contributed by atoms with Gasteiger partial charge in [0, 0.05) is 22.4 Å². The molecule has 0 heterocycles. The lowest BCUT2D eigenvalue weighted by Gasteiger charge is -2.57. The van der Waals surface area contributed by atoms with E-state index in [2.05, 4.69) is 110 Å². The van der Waals surface area contributed by atoms with Gasteiger partial charge in [0.05, 0.1) is 0 Å². The second kappa shape index (κ2) is 8.09. The summed E-state index contributed by atoms with van der Waals surface area (Å²) in [5.41, 5.74) is 12.5. The molecule has 0 radical (unpaired) electrons. The fraction of sp³-hybridized carbons (Fsp3) is 0.351. The minimum atomic E-state index is 0.0101. The summed E-state index contributed by atoms with van der Waals surface area (Å²) < 4.78 is 0. The Morgan fingerprint density at radius 1 is 0.605 bits per heavy atom. The van der Waals surface area contributed by atoms with Gasteiger partial charge in [0.2, 0.25) is 0 Å². The first-order chi connectivity index (χ1) is 18.5. The normalized spacial score (nSPS) is 27.7. The second-order valence-electron chi connectivity index (χ2n) is 13.4. The van der Waals surface area contributed by atoms with E-state index in [1.807, 2.05) is 0 Å². The first-order valence-electron chi connectivity index (χ1n) is 14.7. The Balaban J connectivity index is 1.10. The van der Waals surface area contributed by atoms with Crippen molar-refractivity contribution in [1.29, 1.82) is 0 Å². The molecule has 4 saturated carbocycles. The van der Waals surface area contributed by atoms with Crippen LogP contribution < -0.4 is 5.32 Å². The molecule has 0 saturated heterocycles. The molecule has 5 aliphatic carbocycles. The van der Waals surface area contributed by atoms with Gasteiger partial charge < -0.3 is 5.32 Å². The van der Waals surface area contributed by atoms with Crippen LogP contribution in [0.1, 0.15) is 69.1 Å². The van der Waals surface area contributed by atoms with Crippen LogP contribution in [0, 0.1) is 17.8 Å². The molecule has 1 heteroatoms. The molecule has 5 aliphatic rings. The van der Waals surface area contributed by atoms with E-state index in [0.717, 1.165) is 23.4 Å². The fourth-order valence-electron chi connectivity index (χ4n) is 9.25. The van der Waals surface area contributed by atoms with E-state index < -0.39 is 0 Å². The van der Waals surface area contributed by atoms with Gasteiger partial charge in [-0.25, -0.2) is 0 Å². The summed E-state index contributed by atoms with van der Waals surface area (Å²) >= 11 is 0. The monoisotopic (exact) mass is 495 g/mol. The van der Waals surface area contributed by atoms with Crippen molar-refractivity contribution in [2.45, 2.75) is 63.2 Å². The van der Waals surface area contributed by atoms with Crippen LogP contribution in [0.2, 0.25) is 0 Å². The third kappa shape index (κ3) is 3.37. The van der Waals surface area contributed by atoms with Gasteiger partial charge in [0.1, 0.15) is 0 Å². The maximum Gasteiger partial charge on any atom is 0.0463 e. The zero-order valence-corrected chi connectivity index (χ0v) is 22.6. The highest BCUT2D eigenvalue weighted by atomic mass is 14.9. The molecule has 190 valence electrons. The van der Waals surface area contributed by atoms with Crippen molar-refractivity contribution in [2.24, 2.45) is 17.8 Å². The van der Waals surface area contributed by atoms with E-state index in [0.29, 0.717) is 5.41 Å². The van der Waals surface area contributed by atoms with E-state index >= 15 is 0 Å². The summed E-state index contributed by atoms with van der Waals surface area (Å²) in [6.45, 7) is 4.70. The van der Waals surface area contributed by atoms with Crippen LogP contribution in [-0.2, 0) is 10.8 Å². The van der Waals surface area contributed by atoms with Gasteiger partial charge in [-0.3, -0.25) is 0 Å². The lowest BCUT2D eigenvalue weighted by molar-refractivity contribution is -0.00518. The highest BCUT2D eigenvalue weighted by Gasteiger charge is 2.51. The Morgan fingerprint density at radius 2 is 1.21 bits per heavy atom. The molecule has 38 heavy (non-hydrogen) atoms. The molecule has 4 bridgehead atoms.